The molecule has 0 bridgehead atoms. The Morgan fingerprint density at radius 3 is 2.50 bits per heavy atom. The molecule has 0 unspecified atom stereocenters. The molecular weight excluding hydrogens is 202 g/mol. The molecule has 0 radical (unpaired) electrons. The fourth-order valence-electron chi connectivity index (χ4n) is 1.62. The molecule has 3 nitrogen and oxygen atoms in total. The standard InChI is InChI=1S/C13H13NO2/c1-16-12-5-3-2-4-11(12)13(15)10-6-8-14-9-7-10/h2-9,13,15H,1H3/t13-/m1/s1. The molecule has 0 spiro atoms. The molecule has 0 aliphatic carbocycles. The van der Waals surface area contributed by atoms with E-state index in [0.29, 0.717) is 5.75 Å². The second kappa shape index (κ2) is 4.77. The summed E-state index contributed by atoms with van der Waals surface area (Å²) in [5.74, 6) is 0.687. The number of aliphatic hydroxyl groups excluding tert-OH is 1. The van der Waals surface area contributed by atoms with Gasteiger partial charge < -0.3 is 9.84 Å². The van der Waals surface area contributed by atoms with Crippen LogP contribution in [-0.4, -0.2) is 17.2 Å². The highest BCUT2D eigenvalue weighted by molar-refractivity contribution is 5.39. The number of hydrogen-bond donors (Lipinski definition) is 1. The maximum atomic E-state index is 10.2. The summed E-state index contributed by atoms with van der Waals surface area (Å²) in [6.07, 6.45) is 2.64. The third kappa shape index (κ3) is 2.04. The van der Waals surface area contributed by atoms with Crippen molar-refractivity contribution in [1.29, 1.82) is 0 Å². The van der Waals surface area contributed by atoms with Gasteiger partial charge in [0, 0.05) is 18.0 Å². The summed E-state index contributed by atoms with van der Waals surface area (Å²) in [7, 11) is 1.60. The van der Waals surface area contributed by atoms with E-state index in [1.807, 2.05) is 24.3 Å². The number of nitrogens with zero attached hydrogens (tertiary/aromatic N) is 1. The average Bonchev–Trinajstić information content (AvgIpc) is 2.39. The van der Waals surface area contributed by atoms with Crippen LogP contribution in [0.5, 0.6) is 5.75 Å². The monoisotopic (exact) mass is 215 g/mol. The molecule has 0 saturated carbocycles. The van der Waals surface area contributed by atoms with E-state index in [9.17, 15) is 5.11 Å². The van der Waals surface area contributed by atoms with Gasteiger partial charge in [-0.2, -0.15) is 0 Å². The van der Waals surface area contributed by atoms with Crippen molar-refractivity contribution >= 4 is 0 Å². The summed E-state index contributed by atoms with van der Waals surface area (Å²) < 4.78 is 5.21. The zero-order chi connectivity index (χ0) is 11.4. The Hall–Kier alpha value is -1.87. The van der Waals surface area contributed by atoms with E-state index >= 15 is 0 Å². The number of benzene rings is 1. The molecule has 1 aromatic carbocycles. The summed E-state index contributed by atoms with van der Waals surface area (Å²) in [5.41, 5.74) is 1.57. The minimum atomic E-state index is -0.681. The lowest BCUT2D eigenvalue weighted by atomic mass is 10.0. The van der Waals surface area contributed by atoms with Gasteiger partial charge in [0.05, 0.1) is 7.11 Å². The van der Waals surface area contributed by atoms with Crippen molar-refractivity contribution in [3.8, 4) is 5.75 Å². The van der Waals surface area contributed by atoms with Crippen molar-refractivity contribution in [2.24, 2.45) is 0 Å². The van der Waals surface area contributed by atoms with Crippen molar-refractivity contribution in [2.75, 3.05) is 7.11 Å². The molecule has 0 amide bonds. The van der Waals surface area contributed by atoms with Crippen LogP contribution in [0.25, 0.3) is 0 Å². The molecule has 2 aromatic rings. The van der Waals surface area contributed by atoms with Crippen molar-refractivity contribution < 1.29 is 9.84 Å². The number of rotatable bonds is 3. The fourth-order valence-corrected chi connectivity index (χ4v) is 1.62. The number of pyridine rings is 1. The highest BCUT2D eigenvalue weighted by Crippen LogP contribution is 2.28. The van der Waals surface area contributed by atoms with Gasteiger partial charge in [-0.05, 0) is 23.8 Å². The molecule has 1 N–H and O–H groups in total. The maximum absolute atomic E-state index is 10.2. The lowest BCUT2D eigenvalue weighted by molar-refractivity contribution is 0.214. The van der Waals surface area contributed by atoms with E-state index < -0.39 is 6.10 Å². The van der Waals surface area contributed by atoms with Gasteiger partial charge in [0.2, 0.25) is 0 Å². The molecule has 0 saturated heterocycles. The Morgan fingerprint density at radius 1 is 1.12 bits per heavy atom. The van der Waals surface area contributed by atoms with Gasteiger partial charge in [-0.3, -0.25) is 4.98 Å². The largest absolute Gasteiger partial charge is 0.496 e. The lowest BCUT2D eigenvalue weighted by Gasteiger charge is -2.14. The molecule has 0 aliphatic rings. The van der Waals surface area contributed by atoms with Gasteiger partial charge in [0.15, 0.2) is 0 Å². The fraction of sp³-hybridized carbons (Fsp3) is 0.154. The van der Waals surface area contributed by atoms with E-state index in [-0.39, 0.29) is 0 Å². The number of aromatic nitrogens is 1. The quantitative estimate of drug-likeness (QED) is 0.853. The smallest absolute Gasteiger partial charge is 0.125 e. The topological polar surface area (TPSA) is 42.4 Å². The Labute approximate surface area is 94.3 Å². The van der Waals surface area contributed by atoms with Gasteiger partial charge >= 0.3 is 0 Å². The second-order valence-corrected chi connectivity index (χ2v) is 3.43. The number of para-hydroxylation sites is 1. The average molecular weight is 215 g/mol. The molecule has 82 valence electrons. The zero-order valence-corrected chi connectivity index (χ0v) is 9.00. The Balaban J connectivity index is 2.37. The lowest BCUT2D eigenvalue weighted by Crippen LogP contribution is -2.02. The van der Waals surface area contributed by atoms with Crippen LogP contribution < -0.4 is 4.74 Å². The van der Waals surface area contributed by atoms with Crippen LogP contribution in [0.3, 0.4) is 0 Å². The van der Waals surface area contributed by atoms with E-state index in [0.717, 1.165) is 11.1 Å². The first kappa shape index (κ1) is 10.6. The SMILES string of the molecule is COc1ccccc1[C@H](O)c1ccncc1. The summed E-state index contributed by atoms with van der Waals surface area (Å²) in [6.45, 7) is 0. The number of methoxy groups -OCH3 is 1. The first-order valence-electron chi connectivity index (χ1n) is 5.04. The molecule has 1 aromatic heterocycles. The predicted octanol–water partition coefficient (Wildman–Crippen LogP) is 2.17. The van der Waals surface area contributed by atoms with Gasteiger partial charge in [-0.15, -0.1) is 0 Å². The second-order valence-electron chi connectivity index (χ2n) is 3.43. The normalized spacial score (nSPS) is 12.1. The first-order valence-corrected chi connectivity index (χ1v) is 5.04. The van der Waals surface area contributed by atoms with Crippen LogP contribution in [0.1, 0.15) is 17.2 Å². The Kier molecular flexibility index (Phi) is 3.17. The third-order valence-electron chi connectivity index (χ3n) is 2.46. The van der Waals surface area contributed by atoms with E-state index in [2.05, 4.69) is 4.98 Å². The predicted molar refractivity (Wildman–Crippen MR) is 61.3 cm³/mol. The highest BCUT2D eigenvalue weighted by Gasteiger charge is 2.14. The van der Waals surface area contributed by atoms with Crippen LogP contribution in [0, 0.1) is 0 Å². The zero-order valence-electron chi connectivity index (χ0n) is 9.00. The summed E-state index contributed by atoms with van der Waals surface area (Å²) in [4.78, 5) is 3.92. The van der Waals surface area contributed by atoms with Gasteiger partial charge in [0.25, 0.3) is 0 Å². The van der Waals surface area contributed by atoms with Crippen molar-refractivity contribution in [3.63, 3.8) is 0 Å². The first-order chi connectivity index (χ1) is 7.83. The van der Waals surface area contributed by atoms with Crippen LogP contribution in [0.15, 0.2) is 48.8 Å². The van der Waals surface area contributed by atoms with E-state index in [4.69, 9.17) is 4.74 Å². The van der Waals surface area contributed by atoms with Crippen LogP contribution >= 0.6 is 0 Å². The van der Waals surface area contributed by atoms with E-state index in [1.54, 1.807) is 31.6 Å². The third-order valence-corrected chi connectivity index (χ3v) is 2.46. The highest BCUT2D eigenvalue weighted by atomic mass is 16.5. The number of aliphatic hydroxyl groups is 1. The summed E-state index contributed by atoms with van der Waals surface area (Å²) in [6, 6.07) is 11.0. The van der Waals surface area contributed by atoms with Crippen LogP contribution in [0.2, 0.25) is 0 Å². The Morgan fingerprint density at radius 2 is 1.81 bits per heavy atom. The molecular formula is C13H13NO2. The van der Waals surface area contributed by atoms with Crippen LogP contribution in [-0.2, 0) is 0 Å². The van der Waals surface area contributed by atoms with Crippen molar-refractivity contribution in [3.05, 3.63) is 59.9 Å². The molecule has 3 heteroatoms. The van der Waals surface area contributed by atoms with Crippen molar-refractivity contribution in [1.82, 2.24) is 4.98 Å². The molecule has 16 heavy (non-hydrogen) atoms. The van der Waals surface area contributed by atoms with Gasteiger partial charge in [-0.25, -0.2) is 0 Å². The minimum absolute atomic E-state index is 0.681. The van der Waals surface area contributed by atoms with Gasteiger partial charge in [-0.1, -0.05) is 18.2 Å². The molecule has 1 heterocycles. The minimum Gasteiger partial charge on any atom is -0.496 e. The molecule has 0 fully saturated rings. The summed E-state index contributed by atoms with van der Waals surface area (Å²) >= 11 is 0. The number of hydrogen-bond acceptors (Lipinski definition) is 3. The Bertz CT molecular complexity index is 456. The van der Waals surface area contributed by atoms with Crippen LogP contribution in [0.4, 0.5) is 0 Å². The number of ether oxygens (including phenoxy) is 1. The van der Waals surface area contributed by atoms with E-state index in [1.165, 1.54) is 0 Å². The maximum Gasteiger partial charge on any atom is 0.125 e. The van der Waals surface area contributed by atoms with Gasteiger partial charge in [0.1, 0.15) is 11.9 Å². The summed E-state index contributed by atoms with van der Waals surface area (Å²) in [5, 5.41) is 10.2. The molecule has 0 aliphatic heterocycles. The molecule has 1 atom stereocenters. The molecule has 2 rings (SSSR count). The van der Waals surface area contributed by atoms with Crippen molar-refractivity contribution in [2.45, 2.75) is 6.10 Å².